The van der Waals surface area contributed by atoms with E-state index in [1.54, 1.807) is 0 Å². The van der Waals surface area contributed by atoms with E-state index in [0.29, 0.717) is 23.7 Å². The van der Waals surface area contributed by atoms with E-state index in [9.17, 15) is 18.0 Å². The quantitative estimate of drug-likeness (QED) is 0.179. The Bertz CT molecular complexity index is 1390. The van der Waals surface area contributed by atoms with Crippen LogP contribution in [0.5, 0.6) is 0 Å². The lowest BCUT2D eigenvalue weighted by atomic mass is 9.93. The molecular formula is C27H26ClF3N6O. The summed E-state index contributed by atoms with van der Waals surface area (Å²) in [6, 6.07) is 9.35. The van der Waals surface area contributed by atoms with Gasteiger partial charge >= 0.3 is 6.18 Å². The summed E-state index contributed by atoms with van der Waals surface area (Å²) in [5, 5.41) is 14.4. The normalized spacial score (nSPS) is 12.7. The zero-order valence-corrected chi connectivity index (χ0v) is 21.5. The van der Waals surface area contributed by atoms with Gasteiger partial charge in [0.25, 0.3) is 0 Å². The van der Waals surface area contributed by atoms with Crippen molar-refractivity contribution in [1.82, 2.24) is 9.97 Å². The van der Waals surface area contributed by atoms with Gasteiger partial charge in [0.1, 0.15) is 30.0 Å². The van der Waals surface area contributed by atoms with Crippen LogP contribution in [0.1, 0.15) is 51.9 Å². The summed E-state index contributed by atoms with van der Waals surface area (Å²) >= 11 is 5.30. The van der Waals surface area contributed by atoms with Crippen molar-refractivity contribution in [1.29, 1.82) is 5.41 Å². The van der Waals surface area contributed by atoms with Gasteiger partial charge in [0, 0.05) is 29.9 Å². The molecule has 3 aromatic rings. The maximum atomic E-state index is 12.2. The minimum absolute atomic E-state index is 0.0447. The Labute approximate surface area is 223 Å². The fourth-order valence-electron chi connectivity index (χ4n) is 3.44. The summed E-state index contributed by atoms with van der Waals surface area (Å²) in [7, 11) is 1.87. The summed E-state index contributed by atoms with van der Waals surface area (Å²) in [5.41, 5.74) is 8.47. The van der Waals surface area contributed by atoms with Crippen LogP contribution >= 0.6 is 11.6 Å². The highest BCUT2D eigenvalue weighted by atomic mass is 35.5. The van der Waals surface area contributed by atoms with Gasteiger partial charge in [-0.15, -0.1) is 0 Å². The molecule has 0 saturated heterocycles. The first-order chi connectivity index (χ1) is 18.0. The molecule has 4 rings (SSSR count). The SMILES string of the molecule is CNc1ccc(C)c(C#CC(=N)c2c(N)ncnc2NC2CCC2)c1.O=Cc1ccc(Cl)c(C(F)(F)F)c1. The Morgan fingerprint density at radius 1 is 1.21 bits per heavy atom. The Hall–Kier alpha value is -4.10. The topological polar surface area (TPSA) is 117 Å². The second-order valence-electron chi connectivity index (χ2n) is 8.51. The molecule has 0 amide bonds. The average Bonchev–Trinajstić information content (AvgIpc) is 2.85. The molecule has 1 heterocycles. The number of nitrogens with zero attached hydrogens (tertiary/aromatic N) is 2. The molecule has 1 aliphatic rings. The first-order valence-corrected chi connectivity index (χ1v) is 12.0. The van der Waals surface area contributed by atoms with Crippen LogP contribution in [0, 0.1) is 24.2 Å². The van der Waals surface area contributed by atoms with Gasteiger partial charge in [0.15, 0.2) is 0 Å². The number of hydrogen-bond acceptors (Lipinski definition) is 7. The van der Waals surface area contributed by atoms with Crippen LogP contribution in [0.25, 0.3) is 0 Å². The number of aryl methyl sites for hydroxylation is 1. The molecular weight excluding hydrogens is 517 g/mol. The van der Waals surface area contributed by atoms with Gasteiger partial charge in [-0.2, -0.15) is 13.2 Å². The van der Waals surface area contributed by atoms with Gasteiger partial charge in [-0.3, -0.25) is 10.2 Å². The van der Waals surface area contributed by atoms with Gasteiger partial charge in [0.05, 0.1) is 16.1 Å². The van der Waals surface area contributed by atoms with Crippen LogP contribution in [-0.2, 0) is 6.18 Å². The van der Waals surface area contributed by atoms with Gasteiger partial charge in [0.2, 0.25) is 0 Å². The minimum Gasteiger partial charge on any atom is -0.388 e. The molecule has 0 atom stereocenters. The molecule has 1 aliphatic carbocycles. The highest BCUT2D eigenvalue weighted by Crippen LogP contribution is 2.34. The van der Waals surface area contributed by atoms with Gasteiger partial charge in [-0.05, 0) is 61.9 Å². The Morgan fingerprint density at radius 3 is 2.55 bits per heavy atom. The predicted molar refractivity (Wildman–Crippen MR) is 144 cm³/mol. The summed E-state index contributed by atoms with van der Waals surface area (Å²) in [6.07, 6.45) is 0.672. The average molecular weight is 543 g/mol. The van der Waals surface area contributed by atoms with E-state index in [0.717, 1.165) is 41.8 Å². The highest BCUT2D eigenvalue weighted by Gasteiger charge is 2.33. The second-order valence-corrected chi connectivity index (χ2v) is 8.92. The van der Waals surface area contributed by atoms with E-state index in [4.69, 9.17) is 22.7 Å². The van der Waals surface area contributed by atoms with E-state index in [-0.39, 0.29) is 17.1 Å². The molecule has 11 heteroatoms. The number of nitrogen functional groups attached to an aromatic ring is 1. The number of aromatic nitrogens is 2. The molecule has 0 unspecified atom stereocenters. The zero-order valence-electron chi connectivity index (χ0n) is 20.7. The first-order valence-electron chi connectivity index (χ1n) is 11.6. The van der Waals surface area contributed by atoms with Crippen LogP contribution in [0.15, 0.2) is 42.7 Å². The molecule has 198 valence electrons. The van der Waals surface area contributed by atoms with Crippen LogP contribution in [0.3, 0.4) is 0 Å². The third kappa shape index (κ3) is 7.23. The van der Waals surface area contributed by atoms with Crippen LogP contribution in [-0.4, -0.2) is 35.1 Å². The van der Waals surface area contributed by atoms with Crippen molar-refractivity contribution in [2.45, 2.75) is 38.4 Å². The number of anilines is 3. The van der Waals surface area contributed by atoms with Crippen LogP contribution in [0.2, 0.25) is 5.02 Å². The number of aldehydes is 1. The molecule has 0 radical (unpaired) electrons. The monoisotopic (exact) mass is 542 g/mol. The predicted octanol–water partition coefficient (Wildman–Crippen LogP) is 5.96. The highest BCUT2D eigenvalue weighted by molar-refractivity contribution is 6.31. The molecule has 7 nitrogen and oxygen atoms in total. The molecule has 1 fully saturated rings. The van der Waals surface area contributed by atoms with Gasteiger partial charge < -0.3 is 16.4 Å². The van der Waals surface area contributed by atoms with Gasteiger partial charge in [-0.1, -0.05) is 29.7 Å². The number of rotatable bonds is 5. The number of carbonyl (C=O) groups excluding carboxylic acids is 1. The van der Waals surface area contributed by atoms with E-state index < -0.39 is 16.8 Å². The largest absolute Gasteiger partial charge is 0.417 e. The molecule has 2 aromatic carbocycles. The number of halogens is 4. The Balaban J connectivity index is 0.000000260. The number of hydrogen-bond donors (Lipinski definition) is 4. The zero-order chi connectivity index (χ0) is 27.9. The maximum absolute atomic E-state index is 12.2. The van der Waals surface area contributed by atoms with E-state index in [2.05, 4.69) is 32.4 Å². The third-order valence-corrected chi connectivity index (χ3v) is 6.18. The van der Waals surface area contributed by atoms with Crippen molar-refractivity contribution in [2.75, 3.05) is 23.4 Å². The summed E-state index contributed by atoms with van der Waals surface area (Å²) in [6.45, 7) is 2.00. The summed E-state index contributed by atoms with van der Waals surface area (Å²) in [5.74, 6) is 6.84. The molecule has 5 N–H and O–H groups in total. The molecule has 1 aromatic heterocycles. The maximum Gasteiger partial charge on any atom is 0.417 e. The number of carbonyl (C=O) groups is 1. The number of nitrogens with one attached hydrogen (secondary N) is 3. The lowest BCUT2D eigenvalue weighted by Gasteiger charge is -2.27. The van der Waals surface area contributed by atoms with Crippen molar-refractivity contribution < 1.29 is 18.0 Å². The van der Waals surface area contributed by atoms with Crippen molar-refractivity contribution in [3.05, 3.63) is 75.6 Å². The minimum atomic E-state index is -4.52. The molecule has 38 heavy (non-hydrogen) atoms. The van der Waals surface area contributed by atoms with E-state index >= 15 is 0 Å². The lowest BCUT2D eigenvalue weighted by molar-refractivity contribution is -0.137. The fourth-order valence-corrected chi connectivity index (χ4v) is 3.66. The number of benzene rings is 2. The number of alkyl halides is 3. The van der Waals surface area contributed by atoms with Crippen molar-refractivity contribution in [3.63, 3.8) is 0 Å². The lowest BCUT2D eigenvalue weighted by Crippen LogP contribution is -2.28. The standard InChI is InChI=1S/C19H22N6.C8H4ClF3O/c1-12-6-8-15(22-2)10-13(12)7-9-16(20)17-18(21)23-11-24-19(17)25-14-4-3-5-14;9-7-2-1-5(4-13)3-6(7)8(10,11)12/h6,8,10-11,14,20,22H,3-5H2,1-2H3,(H3,21,23,24,25);1-4H. The first kappa shape index (κ1) is 28.5. The third-order valence-electron chi connectivity index (χ3n) is 5.85. The summed E-state index contributed by atoms with van der Waals surface area (Å²) in [4.78, 5) is 18.5. The second kappa shape index (κ2) is 12.4. The summed E-state index contributed by atoms with van der Waals surface area (Å²) < 4.78 is 36.5. The van der Waals surface area contributed by atoms with Crippen molar-refractivity contribution in [3.8, 4) is 11.8 Å². The molecule has 1 saturated carbocycles. The molecule has 0 spiro atoms. The smallest absolute Gasteiger partial charge is 0.388 e. The number of nitrogens with two attached hydrogens (primary N) is 1. The van der Waals surface area contributed by atoms with E-state index in [1.807, 2.05) is 32.2 Å². The fraction of sp³-hybridized carbons (Fsp3) is 0.259. The van der Waals surface area contributed by atoms with E-state index in [1.165, 1.54) is 18.8 Å². The van der Waals surface area contributed by atoms with Crippen LogP contribution < -0.4 is 16.4 Å². The molecule has 0 aliphatic heterocycles. The van der Waals surface area contributed by atoms with Crippen molar-refractivity contribution >= 4 is 40.9 Å². The molecule has 0 bridgehead atoms. The Morgan fingerprint density at radius 2 is 1.95 bits per heavy atom. The Kier molecular flexibility index (Phi) is 9.31. The van der Waals surface area contributed by atoms with Gasteiger partial charge in [-0.25, -0.2) is 9.97 Å². The van der Waals surface area contributed by atoms with Crippen LogP contribution in [0.4, 0.5) is 30.5 Å². The van der Waals surface area contributed by atoms with Crippen molar-refractivity contribution in [2.24, 2.45) is 0 Å².